The summed E-state index contributed by atoms with van der Waals surface area (Å²) in [5.74, 6) is -0.964. The van der Waals surface area contributed by atoms with E-state index in [2.05, 4.69) is 0 Å². The van der Waals surface area contributed by atoms with Gasteiger partial charge in [0.05, 0.1) is 5.56 Å². The van der Waals surface area contributed by atoms with Crippen LogP contribution in [0.15, 0.2) is 24.3 Å². The Bertz CT molecular complexity index is 500. The summed E-state index contributed by atoms with van der Waals surface area (Å²) in [6, 6.07) is 6.47. The molecule has 0 fully saturated rings. The zero-order valence-electron chi connectivity index (χ0n) is 13.2. The highest BCUT2D eigenvalue weighted by atomic mass is 16.6. The molecule has 116 valence electrons. The topological polar surface area (TPSA) is 66.8 Å². The molecular weight excluding hydrogens is 270 g/mol. The highest BCUT2D eigenvalue weighted by Gasteiger charge is 2.24. The Balaban J connectivity index is 2.83. The van der Waals surface area contributed by atoms with Crippen LogP contribution in [-0.4, -0.2) is 33.7 Å². The monoisotopic (exact) mass is 293 g/mol. The highest BCUT2D eigenvalue weighted by Crippen LogP contribution is 2.15. The van der Waals surface area contributed by atoms with Gasteiger partial charge in [-0.3, -0.25) is 0 Å². The number of benzene rings is 1. The van der Waals surface area contributed by atoms with E-state index >= 15 is 0 Å². The second kappa shape index (κ2) is 6.61. The molecule has 1 N–H and O–H groups in total. The van der Waals surface area contributed by atoms with E-state index < -0.39 is 11.6 Å². The maximum Gasteiger partial charge on any atom is 0.410 e. The number of amides is 1. The summed E-state index contributed by atoms with van der Waals surface area (Å²) in [5, 5.41) is 8.88. The van der Waals surface area contributed by atoms with E-state index in [0.29, 0.717) is 6.54 Å². The van der Waals surface area contributed by atoms with Crippen LogP contribution in [0.3, 0.4) is 0 Å². The molecule has 0 bridgehead atoms. The van der Waals surface area contributed by atoms with Crippen molar-refractivity contribution in [2.24, 2.45) is 0 Å². The van der Waals surface area contributed by atoms with Crippen LogP contribution >= 0.6 is 0 Å². The molecule has 0 aliphatic heterocycles. The average molecular weight is 293 g/mol. The average Bonchev–Trinajstić information content (AvgIpc) is 2.33. The molecule has 0 spiro atoms. The second-order valence-corrected chi connectivity index (χ2v) is 6.20. The maximum absolute atomic E-state index is 12.2. The van der Waals surface area contributed by atoms with Gasteiger partial charge in [-0.25, -0.2) is 9.59 Å². The van der Waals surface area contributed by atoms with Crippen molar-refractivity contribution in [3.8, 4) is 0 Å². The van der Waals surface area contributed by atoms with Crippen molar-refractivity contribution in [3.63, 3.8) is 0 Å². The van der Waals surface area contributed by atoms with E-state index in [9.17, 15) is 9.59 Å². The zero-order chi connectivity index (χ0) is 16.2. The van der Waals surface area contributed by atoms with E-state index in [0.717, 1.165) is 5.56 Å². The number of nitrogens with zero attached hydrogens (tertiary/aromatic N) is 1. The Morgan fingerprint density at radius 1 is 1.19 bits per heavy atom. The van der Waals surface area contributed by atoms with Gasteiger partial charge >= 0.3 is 12.1 Å². The number of rotatable bonds is 4. The van der Waals surface area contributed by atoms with E-state index in [-0.39, 0.29) is 17.7 Å². The first-order chi connectivity index (χ1) is 9.60. The van der Waals surface area contributed by atoms with Crippen LogP contribution in [0.5, 0.6) is 0 Å². The first-order valence-electron chi connectivity index (χ1n) is 6.92. The fourth-order valence-corrected chi connectivity index (χ4v) is 1.73. The van der Waals surface area contributed by atoms with Crippen LogP contribution in [-0.2, 0) is 11.3 Å². The summed E-state index contributed by atoms with van der Waals surface area (Å²) in [7, 11) is 0. The Labute approximate surface area is 125 Å². The molecule has 0 aliphatic rings. The van der Waals surface area contributed by atoms with Gasteiger partial charge in [0.2, 0.25) is 0 Å². The minimum Gasteiger partial charge on any atom is -0.478 e. The molecule has 0 aliphatic carbocycles. The van der Waals surface area contributed by atoms with Crippen molar-refractivity contribution >= 4 is 12.1 Å². The van der Waals surface area contributed by atoms with Crippen LogP contribution in [0.1, 0.15) is 50.5 Å². The third-order valence-corrected chi connectivity index (χ3v) is 2.81. The summed E-state index contributed by atoms with van der Waals surface area (Å²) < 4.78 is 5.39. The standard InChI is InChI=1S/C16H23NO4/c1-11(2)17(15(20)21-16(3,4)5)10-12-6-8-13(9-7-12)14(18)19/h6-9,11H,10H2,1-5H3,(H,18,19). The molecule has 5 heteroatoms. The van der Waals surface area contributed by atoms with E-state index in [1.165, 1.54) is 12.1 Å². The van der Waals surface area contributed by atoms with E-state index in [4.69, 9.17) is 9.84 Å². The van der Waals surface area contributed by atoms with Crippen LogP contribution in [0.2, 0.25) is 0 Å². The number of carboxylic acid groups (broad SMARTS) is 1. The lowest BCUT2D eigenvalue weighted by Crippen LogP contribution is -2.40. The number of aromatic carboxylic acids is 1. The van der Waals surface area contributed by atoms with Gasteiger partial charge in [0.1, 0.15) is 5.60 Å². The summed E-state index contributed by atoms with van der Waals surface area (Å²) in [4.78, 5) is 24.6. The number of carbonyl (C=O) groups is 2. The Hall–Kier alpha value is -2.04. The maximum atomic E-state index is 12.2. The molecule has 1 amide bonds. The van der Waals surface area contributed by atoms with Crippen molar-refractivity contribution in [2.75, 3.05) is 0 Å². The second-order valence-electron chi connectivity index (χ2n) is 6.20. The first-order valence-corrected chi connectivity index (χ1v) is 6.92. The van der Waals surface area contributed by atoms with Gasteiger partial charge in [-0.1, -0.05) is 12.1 Å². The van der Waals surface area contributed by atoms with Crippen LogP contribution in [0.25, 0.3) is 0 Å². The number of ether oxygens (including phenoxy) is 1. The SMILES string of the molecule is CC(C)N(Cc1ccc(C(=O)O)cc1)C(=O)OC(C)(C)C. The molecule has 21 heavy (non-hydrogen) atoms. The molecule has 0 heterocycles. The highest BCUT2D eigenvalue weighted by molar-refractivity contribution is 5.87. The minimum atomic E-state index is -0.964. The zero-order valence-corrected chi connectivity index (χ0v) is 13.2. The molecule has 0 saturated carbocycles. The lowest BCUT2D eigenvalue weighted by molar-refractivity contribution is 0.0171. The Kier molecular flexibility index (Phi) is 5.35. The third-order valence-electron chi connectivity index (χ3n) is 2.81. The molecule has 0 aromatic heterocycles. The van der Waals surface area contributed by atoms with Crippen LogP contribution in [0.4, 0.5) is 4.79 Å². The molecule has 0 saturated heterocycles. The van der Waals surface area contributed by atoms with Crippen molar-refractivity contribution < 1.29 is 19.4 Å². The molecule has 1 aromatic rings. The quantitative estimate of drug-likeness (QED) is 0.922. The fourth-order valence-electron chi connectivity index (χ4n) is 1.73. The normalized spacial score (nSPS) is 11.3. The molecule has 0 atom stereocenters. The van der Waals surface area contributed by atoms with Gasteiger partial charge in [0.15, 0.2) is 0 Å². The number of hydrogen-bond acceptors (Lipinski definition) is 3. The molecule has 0 unspecified atom stereocenters. The van der Waals surface area contributed by atoms with Gasteiger partial charge in [-0.05, 0) is 52.3 Å². The van der Waals surface area contributed by atoms with Gasteiger partial charge in [0.25, 0.3) is 0 Å². The van der Waals surface area contributed by atoms with Crippen molar-refractivity contribution in [3.05, 3.63) is 35.4 Å². The Morgan fingerprint density at radius 2 is 1.71 bits per heavy atom. The molecule has 0 radical (unpaired) electrons. The van der Waals surface area contributed by atoms with E-state index in [1.807, 2.05) is 34.6 Å². The van der Waals surface area contributed by atoms with Gasteiger partial charge in [-0.15, -0.1) is 0 Å². The summed E-state index contributed by atoms with van der Waals surface area (Å²) in [6.45, 7) is 9.68. The van der Waals surface area contributed by atoms with Crippen molar-refractivity contribution in [2.45, 2.75) is 52.8 Å². The van der Waals surface area contributed by atoms with Crippen molar-refractivity contribution in [1.29, 1.82) is 0 Å². The molecule has 5 nitrogen and oxygen atoms in total. The van der Waals surface area contributed by atoms with Crippen LogP contribution in [0, 0.1) is 0 Å². The van der Waals surface area contributed by atoms with Gasteiger partial charge in [0, 0.05) is 12.6 Å². The van der Waals surface area contributed by atoms with Crippen LogP contribution < -0.4 is 0 Å². The smallest absolute Gasteiger partial charge is 0.410 e. The van der Waals surface area contributed by atoms with E-state index in [1.54, 1.807) is 17.0 Å². The largest absolute Gasteiger partial charge is 0.478 e. The number of carbonyl (C=O) groups excluding carboxylic acids is 1. The lowest BCUT2D eigenvalue weighted by Gasteiger charge is -2.30. The van der Waals surface area contributed by atoms with Crippen molar-refractivity contribution in [1.82, 2.24) is 4.90 Å². The third kappa shape index (κ3) is 5.45. The predicted molar refractivity (Wildman–Crippen MR) is 80.3 cm³/mol. The summed E-state index contributed by atoms with van der Waals surface area (Å²) in [5.41, 5.74) is 0.545. The first kappa shape index (κ1) is 17.0. The molecule has 1 aromatic carbocycles. The number of hydrogen-bond donors (Lipinski definition) is 1. The summed E-state index contributed by atoms with van der Waals surface area (Å²) in [6.07, 6.45) is -0.375. The fraction of sp³-hybridized carbons (Fsp3) is 0.500. The van der Waals surface area contributed by atoms with Gasteiger partial charge < -0.3 is 14.7 Å². The number of carboxylic acids is 1. The lowest BCUT2D eigenvalue weighted by atomic mass is 10.1. The predicted octanol–water partition coefficient (Wildman–Crippen LogP) is 3.53. The Morgan fingerprint density at radius 3 is 2.10 bits per heavy atom. The van der Waals surface area contributed by atoms with Gasteiger partial charge in [-0.2, -0.15) is 0 Å². The molecule has 1 rings (SSSR count). The molecular formula is C16H23NO4. The minimum absolute atomic E-state index is 0.0148. The summed E-state index contributed by atoms with van der Waals surface area (Å²) >= 11 is 0.